The number of benzene rings is 8. The average molecular weight is 613 g/mol. The molecule has 0 radical (unpaired) electrons. The summed E-state index contributed by atoms with van der Waals surface area (Å²) < 4.78 is 0. The van der Waals surface area contributed by atoms with Crippen LogP contribution >= 0.6 is 0 Å². The standard InChI is InChI=1S/C48H36/c1-47(2)42-27-34(33-19-17-29-11-5-7-13-31(29)25-33)21-22-37(42)39-23-24-40-44-38-16-10-9-15-36(38)41(28-43(44)48(3,4)46(40)45(39)47)35-20-18-30-12-6-8-14-32(30)26-35/h5-28H,1-4H3. The summed E-state index contributed by atoms with van der Waals surface area (Å²) in [5.74, 6) is 0. The Morgan fingerprint density at radius 1 is 0.333 bits per heavy atom. The van der Waals surface area contributed by atoms with E-state index < -0.39 is 0 Å². The number of rotatable bonds is 2. The van der Waals surface area contributed by atoms with Gasteiger partial charge in [-0.05, 0) is 123 Å². The Balaban J connectivity index is 1.17. The van der Waals surface area contributed by atoms with Crippen molar-refractivity contribution in [2.24, 2.45) is 0 Å². The lowest BCUT2D eigenvalue weighted by Crippen LogP contribution is -2.24. The van der Waals surface area contributed by atoms with Crippen LogP contribution < -0.4 is 0 Å². The Morgan fingerprint density at radius 3 is 1.56 bits per heavy atom. The van der Waals surface area contributed by atoms with Crippen molar-refractivity contribution in [1.82, 2.24) is 0 Å². The molecule has 0 aromatic heterocycles. The third-order valence-corrected chi connectivity index (χ3v) is 11.6. The molecular formula is C48H36. The van der Waals surface area contributed by atoms with Crippen LogP contribution in [-0.2, 0) is 10.8 Å². The molecule has 0 fully saturated rings. The summed E-state index contributed by atoms with van der Waals surface area (Å²) >= 11 is 0. The van der Waals surface area contributed by atoms with Gasteiger partial charge in [-0.1, -0.05) is 149 Å². The van der Waals surface area contributed by atoms with Crippen LogP contribution in [0.1, 0.15) is 49.9 Å². The molecule has 0 unspecified atom stereocenters. The highest BCUT2D eigenvalue weighted by Crippen LogP contribution is 2.61. The lowest BCUT2D eigenvalue weighted by Gasteiger charge is -2.31. The van der Waals surface area contributed by atoms with Crippen LogP contribution in [0, 0.1) is 0 Å². The summed E-state index contributed by atoms with van der Waals surface area (Å²) in [6, 6.07) is 54.7. The minimum Gasteiger partial charge on any atom is -0.0616 e. The van der Waals surface area contributed by atoms with Crippen LogP contribution in [0.3, 0.4) is 0 Å². The maximum Gasteiger partial charge on any atom is 0.0162 e. The summed E-state index contributed by atoms with van der Waals surface area (Å²) in [6.07, 6.45) is 0. The fraction of sp³-hybridized carbons (Fsp3) is 0.125. The van der Waals surface area contributed by atoms with E-state index in [9.17, 15) is 0 Å². The molecule has 0 amide bonds. The van der Waals surface area contributed by atoms with E-state index in [4.69, 9.17) is 0 Å². The smallest absolute Gasteiger partial charge is 0.0162 e. The van der Waals surface area contributed by atoms with Gasteiger partial charge in [0.1, 0.15) is 0 Å². The zero-order chi connectivity index (χ0) is 32.4. The fourth-order valence-electron chi connectivity index (χ4n) is 9.20. The Hall–Kier alpha value is -5.46. The zero-order valence-corrected chi connectivity index (χ0v) is 27.9. The SMILES string of the molecule is CC1(C)c2cc(-c3ccc4ccccc4c3)ccc2-c2ccc3c(c21)C(C)(C)c1cc(-c2ccc4ccccc4c2)c2ccccc2c1-3. The second-order valence-electron chi connectivity index (χ2n) is 14.9. The Kier molecular flexibility index (Phi) is 5.50. The molecule has 8 aromatic carbocycles. The van der Waals surface area contributed by atoms with Crippen molar-refractivity contribution in [2.75, 3.05) is 0 Å². The van der Waals surface area contributed by atoms with Gasteiger partial charge in [0, 0.05) is 10.8 Å². The first kappa shape index (κ1) is 27.6. The number of fused-ring (bicyclic) bond motifs is 11. The van der Waals surface area contributed by atoms with E-state index in [1.165, 1.54) is 99.1 Å². The second kappa shape index (κ2) is 9.55. The van der Waals surface area contributed by atoms with Gasteiger partial charge in [0.05, 0.1) is 0 Å². The first-order chi connectivity index (χ1) is 23.3. The van der Waals surface area contributed by atoms with Crippen LogP contribution in [0.2, 0.25) is 0 Å². The molecule has 2 aliphatic rings. The van der Waals surface area contributed by atoms with Crippen LogP contribution in [0.25, 0.3) is 76.8 Å². The average Bonchev–Trinajstić information content (AvgIpc) is 3.49. The van der Waals surface area contributed by atoms with Crippen LogP contribution in [0.15, 0.2) is 146 Å². The van der Waals surface area contributed by atoms with Crippen molar-refractivity contribution in [1.29, 1.82) is 0 Å². The van der Waals surface area contributed by atoms with E-state index in [1.807, 2.05) is 0 Å². The van der Waals surface area contributed by atoms with Crippen molar-refractivity contribution in [3.63, 3.8) is 0 Å². The third-order valence-electron chi connectivity index (χ3n) is 11.6. The molecular weight excluding hydrogens is 577 g/mol. The molecule has 0 heteroatoms. The molecule has 228 valence electrons. The highest BCUT2D eigenvalue weighted by atomic mass is 14.5. The lowest BCUT2D eigenvalue weighted by molar-refractivity contribution is 0.601. The highest BCUT2D eigenvalue weighted by molar-refractivity contribution is 6.10. The summed E-state index contributed by atoms with van der Waals surface area (Å²) in [4.78, 5) is 0. The number of hydrogen-bond acceptors (Lipinski definition) is 0. The summed E-state index contributed by atoms with van der Waals surface area (Å²) in [5, 5.41) is 7.78. The van der Waals surface area contributed by atoms with E-state index in [0.717, 1.165) is 0 Å². The van der Waals surface area contributed by atoms with E-state index >= 15 is 0 Å². The molecule has 0 heterocycles. The molecule has 2 aliphatic carbocycles. The minimum absolute atomic E-state index is 0.140. The van der Waals surface area contributed by atoms with Gasteiger partial charge in [-0.15, -0.1) is 0 Å². The van der Waals surface area contributed by atoms with Gasteiger partial charge in [-0.2, -0.15) is 0 Å². The normalized spacial score (nSPS) is 15.0. The molecule has 48 heavy (non-hydrogen) atoms. The molecule has 0 aliphatic heterocycles. The van der Waals surface area contributed by atoms with Gasteiger partial charge in [0.25, 0.3) is 0 Å². The third kappa shape index (κ3) is 3.66. The monoisotopic (exact) mass is 612 g/mol. The van der Waals surface area contributed by atoms with Crippen molar-refractivity contribution in [3.05, 3.63) is 168 Å². The predicted molar refractivity (Wildman–Crippen MR) is 205 cm³/mol. The highest BCUT2D eigenvalue weighted by Gasteiger charge is 2.46. The van der Waals surface area contributed by atoms with Gasteiger partial charge in [-0.3, -0.25) is 0 Å². The first-order valence-electron chi connectivity index (χ1n) is 17.2. The van der Waals surface area contributed by atoms with E-state index in [1.54, 1.807) is 0 Å². The molecule has 8 aromatic rings. The summed E-state index contributed by atoms with van der Waals surface area (Å²) in [7, 11) is 0. The number of hydrogen-bond donors (Lipinski definition) is 0. The Bertz CT molecular complexity index is 2660. The van der Waals surface area contributed by atoms with Crippen molar-refractivity contribution in [2.45, 2.75) is 38.5 Å². The fourth-order valence-corrected chi connectivity index (χ4v) is 9.20. The minimum atomic E-state index is -0.161. The molecule has 0 nitrogen and oxygen atoms in total. The van der Waals surface area contributed by atoms with Crippen LogP contribution in [-0.4, -0.2) is 0 Å². The van der Waals surface area contributed by atoms with Gasteiger partial charge < -0.3 is 0 Å². The van der Waals surface area contributed by atoms with Gasteiger partial charge in [0.15, 0.2) is 0 Å². The molecule has 0 bridgehead atoms. The van der Waals surface area contributed by atoms with Gasteiger partial charge in [0.2, 0.25) is 0 Å². The van der Waals surface area contributed by atoms with E-state index in [-0.39, 0.29) is 10.8 Å². The predicted octanol–water partition coefficient (Wildman–Crippen LogP) is 13.1. The molecule has 0 saturated heterocycles. The first-order valence-corrected chi connectivity index (χ1v) is 17.2. The largest absolute Gasteiger partial charge is 0.0616 e. The zero-order valence-electron chi connectivity index (χ0n) is 27.9. The van der Waals surface area contributed by atoms with Gasteiger partial charge >= 0.3 is 0 Å². The molecule has 0 saturated carbocycles. The van der Waals surface area contributed by atoms with Gasteiger partial charge in [-0.25, -0.2) is 0 Å². The Morgan fingerprint density at radius 2 is 0.833 bits per heavy atom. The summed E-state index contributed by atoms with van der Waals surface area (Å²) in [6.45, 7) is 9.80. The van der Waals surface area contributed by atoms with Crippen LogP contribution in [0.5, 0.6) is 0 Å². The Labute approximate surface area is 282 Å². The van der Waals surface area contributed by atoms with E-state index in [2.05, 4.69) is 173 Å². The maximum absolute atomic E-state index is 2.51. The molecule has 0 atom stereocenters. The molecule has 10 rings (SSSR count). The maximum atomic E-state index is 2.51. The van der Waals surface area contributed by atoms with Crippen molar-refractivity contribution in [3.8, 4) is 44.5 Å². The quantitative estimate of drug-likeness (QED) is 0.182. The second-order valence-corrected chi connectivity index (χ2v) is 14.9. The van der Waals surface area contributed by atoms with Crippen LogP contribution in [0.4, 0.5) is 0 Å². The summed E-state index contributed by atoms with van der Waals surface area (Å²) in [5.41, 5.74) is 16.2. The lowest BCUT2D eigenvalue weighted by atomic mass is 9.72. The van der Waals surface area contributed by atoms with Crippen molar-refractivity contribution >= 4 is 32.3 Å². The van der Waals surface area contributed by atoms with Crippen molar-refractivity contribution < 1.29 is 0 Å². The molecule has 0 spiro atoms. The van der Waals surface area contributed by atoms with E-state index in [0.29, 0.717) is 0 Å². The topological polar surface area (TPSA) is 0 Å². The molecule has 0 N–H and O–H groups in total.